The fraction of sp³-hybridized carbons (Fsp3) is 0.154. The van der Waals surface area contributed by atoms with E-state index < -0.39 is 0 Å². The van der Waals surface area contributed by atoms with Crippen LogP contribution in [-0.4, -0.2) is 5.91 Å². The minimum atomic E-state index is -0.315. The van der Waals surface area contributed by atoms with Gasteiger partial charge in [-0.05, 0) is 25.1 Å². The first-order chi connectivity index (χ1) is 9.51. The molecule has 2 aromatic rings. The molecule has 4 nitrogen and oxygen atoms in total. The molecule has 0 saturated carbocycles. The number of rotatable bonds is 4. The van der Waals surface area contributed by atoms with Crippen LogP contribution in [-0.2, 0) is 6.61 Å². The Balaban J connectivity index is 2.13. The van der Waals surface area contributed by atoms with Crippen molar-refractivity contribution < 1.29 is 9.53 Å². The molecular weight excluding hydrogens is 319 g/mol. The van der Waals surface area contributed by atoms with Crippen molar-refractivity contribution in [2.24, 2.45) is 5.84 Å². The third kappa shape index (κ3) is 3.43. The van der Waals surface area contributed by atoms with Gasteiger partial charge >= 0.3 is 0 Å². The highest BCUT2D eigenvalue weighted by molar-refractivity contribution is 7.14. The average Bonchev–Trinajstić information content (AvgIpc) is 2.80. The summed E-state index contributed by atoms with van der Waals surface area (Å²) in [5, 5.41) is 1.04. The Morgan fingerprint density at radius 2 is 2.15 bits per heavy atom. The molecule has 20 heavy (non-hydrogen) atoms. The number of thiophene rings is 1. The highest BCUT2D eigenvalue weighted by Crippen LogP contribution is 2.29. The summed E-state index contributed by atoms with van der Waals surface area (Å²) in [7, 11) is 0. The monoisotopic (exact) mass is 330 g/mol. The van der Waals surface area contributed by atoms with Crippen molar-refractivity contribution in [2.45, 2.75) is 13.5 Å². The number of aryl methyl sites for hydroxylation is 1. The van der Waals surface area contributed by atoms with Gasteiger partial charge in [-0.15, -0.1) is 11.3 Å². The van der Waals surface area contributed by atoms with Crippen LogP contribution in [0.1, 0.15) is 20.1 Å². The Bertz CT molecular complexity index is 643. The van der Waals surface area contributed by atoms with Crippen LogP contribution in [0.4, 0.5) is 0 Å². The average molecular weight is 331 g/mol. The van der Waals surface area contributed by atoms with Crippen LogP contribution in [0, 0.1) is 6.92 Å². The van der Waals surface area contributed by atoms with Crippen LogP contribution in [0.15, 0.2) is 24.3 Å². The Morgan fingerprint density at radius 3 is 2.85 bits per heavy atom. The molecule has 0 aliphatic heterocycles. The Labute approximate surface area is 130 Å². The van der Waals surface area contributed by atoms with Crippen molar-refractivity contribution in [3.8, 4) is 5.75 Å². The van der Waals surface area contributed by atoms with E-state index in [-0.39, 0.29) is 5.91 Å². The van der Waals surface area contributed by atoms with E-state index in [1.807, 2.05) is 6.92 Å². The van der Waals surface area contributed by atoms with E-state index in [1.54, 1.807) is 24.3 Å². The zero-order valence-electron chi connectivity index (χ0n) is 10.6. The minimum absolute atomic E-state index is 0.306. The molecule has 0 aliphatic carbocycles. The summed E-state index contributed by atoms with van der Waals surface area (Å²) < 4.78 is 5.64. The zero-order chi connectivity index (χ0) is 14.7. The lowest BCUT2D eigenvalue weighted by atomic mass is 10.2. The van der Waals surface area contributed by atoms with Crippen molar-refractivity contribution in [1.29, 1.82) is 0 Å². The first kappa shape index (κ1) is 15.1. The van der Waals surface area contributed by atoms with Gasteiger partial charge in [0.05, 0.1) is 9.90 Å². The van der Waals surface area contributed by atoms with Crippen LogP contribution < -0.4 is 16.0 Å². The number of carbonyl (C=O) groups excluding carboxylic acids is 1. The van der Waals surface area contributed by atoms with E-state index in [9.17, 15) is 4.79 Å². The summed E-state index contributed by atoms with van der Waals surface area (Å²) in [4.78, 5) is 13.0. The molecule has 0 spiro atoms. The van der Waals surface area contributed by atoms with Crippen molar-refractivity contribution in [3.05, 3.63) is 49.6 Å². The molecular formula is C13H12Cl2N2O2S. The molecule has 1 aromatic carbocycles. The van der Waals surface area contributed by atoms with E-state index in [0.29, 0.717) is 27.3 Å². The number of nitrogen functional groups attached to an aromatic ring is 1. The standard InChI is InChI=1S/C13H12Cl2N2O2S/c1-7-8(4-12(20-7)13(18)17-16)6-19-11-5-9(14)2-3-10(11)15/h2-5H,6,16H2,1H3,(H,17,18). The quantitative estimate of drug-likeness (QED) is 0.512. The predicted molar refractivity (Wildman–Crippen MR) is 81.5 cm³/mol. The molecule has 106 valence electrons. The van der Waals surface area contributed by atoms with Gasteiger partial charge in [0, 0.05) is 21.5 Å². The second-order valence-electron chi connectivity index (χ2n) is 4.03. The first-order valence-electron chi connectivity index (χ1n) is 5.69. The van der Waals surface area contributed by atoms with Crippen molar-refractivity contribution in [1.82, 2.24) is 5.43 Å². The molecule has 1 heterocycles. The van der Waals surface area contributed by atoms with Crippen LogP contribution >= 0.6 is 34.5 Å². The number of benzene rings is 1. The normalized spacial score (nSPS) is 10.4. The lowest BCUT2D eigenvalue weighted by Gasteiger charge is -2.08. The number of nitrogens with one attached hydrogen (secondary N) is 1. The highest BCUT2D eigenvalue weighted by atomic mass is 35.5. The molecule has 0 bridgehead atoms. The summed E-state index contributed by atoms with van der Waals surface area (Å²) >= 11 is 13.3. The number of nitrogens with two attached hydrogens (primary N) is 1. The molecule has 1 aromatic heterocycles. The Kier molecular flexibility index (Phi) is 4.88. The Hall–Kier alpha value is -1.27. The number of hydrazine groups is 1. The molecule has 0 saturated heterocycles. The number of halogens is 2. The van der Waals surface area contributed by atoms with Crippen LogP contribution in [0.25, 0.3) is 0 Å². The van der Waals surface area contributed by atoms with Gasteiger partial charge in [0.1, 0.15) is 12.4 Å². The maximum atomic E-state index is 11.4. The third-order valence-electron chi connectivity index (χ3n) is 2.65. The van der Waals surface area contributed by atoms with Crippen LogP contribution in [0.2, 0.25) is 10.0 Å². The molecule has 1 amide bonds. The number of amides is 1. The van der Waals surface area contributed by atoms with Crippen molar-refractivity contribution in [2.75, 3.05) is 0 Å². The van der Waals surface area contributed by atoms with Gasteiger partial charge in [0.2, 0.25) is 0 Å². The number of ether oxygens (including phenoxy) is 1. The summed E-state index contributed by atoms with van der Waals surface area (Å²) in [6, 6.07) is 6.77. The zero-order valence-corrected chi connectivity index (χ0v) is 12.9. The molecule has 0 unspecified atom stereocenters. The molecule has 7 heteroatoms. The summed E-state index contributed by atoms with van der Waals surface area (Å²) in [6.45, 7) is 2.22. The van der Waals surface area contributed by atoms with Gasteiger partial charge in [0.25, 0.3) is 5.91 Å². The smallest absolute Gasteiger partial charge is 0.275 e. The molecule has 0 fully saturated rings. The van der Waals surface area contributed by atoms with Crippen molar-refractivity contribution in [3.63, 3.8) is 0 Å². The summed E-state index contributed by atoms with van der Waals surface area (Å²) in [5.74, 6) is 5.30. The maximum Gasteiger partial charge on any atom is 0.275 e. The van der Waals surface area contributed by atoms with E-state index in [1.165, 1.54) is 11.3 Å². The fourth-order valence-corrected chi connectivity index (χ4v) is 2.86. The van der Waals surface area contributed by atoms with Gasteiger partial charge < -0.3 is 4.74 Å². The Morgan fingerprint density at radius 1 is 1.40 bits per heavy atom. The lowest BCUT2D eigenvalue weighted by molar-refractivity contribution is 0.0957. The third-order valence-corrected chi connectivity index (χ3v) is 4.29. The van der Waals surface area contributed by atoms with Gasteiger partial charge in [-0.2, -0.15) is 0 Å². The van der Waals surface area contributed by atoms with Gasteiger partial charge in [-0.3, -0.25) is 10.2 Å². The van der Waals surface area contributed by atoms with Crippen molar-refractivity contribution >= 4 is 40.4 Å². The van der Waals surface area contributed by atoms with Crippen LogP contribution in [0.3, 0.4) is 0 Å². The predicted octanol–water partition coefficient (Wildman–Crippen LogP) is 3.55. The van der Waals surface area contributed by atoms with Gasteiger partial charge in [0.15, 0.2) is 0 Å². The maximum absolute atomic E-state index is 11.4. The molecule has 0 radical (unpaired) electrons. The largest absolute Gasteiger partial charge is 0.487 e. The van der Waals surface area contributed by atoms with E-state index in [4.69, 9.17) is 33.8 Å². The number of hydrogen-bond acceptors (Lipinski definition) is 4. The topological polar surface area (TPSA) is 64.4 Å². The molecule has 0 aliphatic rings. The van der Waals surface area contributed by atoms with E-state index >= 15 is 0 Å². The number of carbonyl (C=O) groups is 1. The summed E-state index contributed by atoms with van der Waals surface area (Å²) in [5.41, 5.74) is 3.01. The number of hydrogen-bond donors (Lipinski definition) is 2. The lowest BCUT2D eigenvalue weighted by Crippen LogP contribution is -2.29. The minimum Gasteiger partial charge on any atom is -0.487 e. The fourth-order valence-electron chi connectivity index (χ4n) is 1.59. The summed E-state index contributed by atoms with van der Waals surface area (Å²) in [6.07, 6.45) is 0. The second-order valence-corrected chi connectivity index (χ2v) is 6.13. The van der Waals surface area contributed by atoms with E-state index in [0.717, 1.165) is 10.4 Å². The molecule has 0 atom stereocenters. The highest BCUT2D eigenvalue weighted by Gasteiger charge is 2.12. The van der Waals surface area contributed by atoms with Gasteiger partial charge in [-0.25, -0.2) is 5.84 Å². The molecule has 2 rings (SSSR count). The van der Waals surface area contributed by atoms with Crippen LogP contribution in [0.5, 0.6) is 5.75 Å². The van der Waals surface area contributed by atoms with Gasteiger partial charge in [-0.1, -0.05) is 23.2 Å². The SMILES string of the molecule is Cc1sc(C(=O)NN)cc1COc1cc(Cl)ccc1Cl. The molecule has 3 N–H and O–H groups in total. The van der Waals surface area contributed by atoms with E-state index in [2.05, 4.69) is 5.43 Å². The second kappa shape index (κ2) is 6.45. The first-order valence-corrected chi connectivity index (χ1v) is 7.26.